The predicted octanol–water partition coefficient (Wildman–Crippen LogP) is 4.52. The summed E-state index contributed by atoms with van der Waals surface area (Å²) < 4.78 is 0. The van der Waals surface area contributed by atoms with Crippen LogP contribution in [0.3, 0.4) is 0 Å². The number of aryl methyl sites for hydroxylation is 1. The zero-order valence-corrected chi connectivity index (χ0v) is 18.1. The molecule has 9 heteroatoms. The molecular formula is C21H25N7OS. The number of aromatic amines is 1. The van der Waals surface area contributed by atoms with Gasteiger partial charge in [-0.25, -0.2) is 4.98 Å². The lowest BCUT2D eigenvalue weighted by Gasteiger charge is -2.08. The maximum Gasteiger partial charge on any atom is 0.232 e. The zero-order valence-electron chi connectivity index (χ0n) is 17.3. The van der Waals surface area contributed by atoms with Crippen LogP contribution in [0.4, 0.5) is 17.5 Å². The third-order valence-corrected chi connectivity index (χ3v) is 5.59. The van der Waals surface area contributed by atoms with Gasteiger partial charge in [-0.2, -0.15) is 15.1 Å². The monoisotopic (exact) mass is 423 g/mol. The molecule has 0 radical (unpaired) electrons. The van der Waals surface area contributed by atoms with E-state index in [-0.39, 0.29) is 11.8 Å². The van der Waals surface area contributed by atoms with Gasteiger partial charge < -0.3 is 10.6 Å². The highest BCUT2D eigenvalue weighted by atomic mass is 32.2. The van der Waals surface area contributed by atoms with Crippen LogP contribution in [0.25, 0.3) is 0 Å². The second-order valence-electron chi connectivity index (χ2n) is 7.59. The molecule has 0 bridgehead atoms. The van der Waals surface area contributed by atoms with Gasteiger partial charge >= 0.3 is 0 Å². The first-order valence-electron chi connectivity index (χ1n) is 10.2. The summed E-state index contributed by atoms with van der Waals surface area (Å²) >= 11 is 1.46. The molecule has 1 aromatic carbocycles. The largest absolute Gasteiger partial charge is 0.326 e. The van der Waals surface area contributed by atoms with E-state index in [1.807, 2.05) is 37.3 Å². The van der Waals surface area contributed by atoms with Crippen molar-refractivity contribution >= 4 is 35.1 Å². The first-order valence-corrected chi connectivity index (χ1v) is 11.0. The summed E-state index contributed by atoms with van der Waals surface area (Å²) in [6, 6.07) is 9.68. The van der Waals surface area contributed by atoms with Gasteiger partial charge in [0.25, 0.3) is 0 Å². The van der Waals surface area contributed by atoms with E-state index >= 15 is 0 Å². The van der Waals surface area contributed by atoms with Crippen molar-refractivity contribution in [2.24, 2.45) is 5.92 Å². The van der Waals surface area contributed by atoms with Gasteiger partial charge in [0.1, 0.15) is 5.82 Å². The van der Waals surface area contributed by atoms with Crippen LogP contribution in [0.1, 0.15) is 51.0 Å². The molecule has 1 fully saturated rings. The smallest absolute Gasteiger partial charge is 0.232 e. The Balaban J connectivity index is 1.46. The highest BCUT2D eigenvalue weighted by Gasteiger charge is 2.29. The van der Waals surface area contributed by atoms with Gasteiger partial charge in [0, 0.05) is 34.7 Å². The van der Waals surface area contributed by atoms with Gasteiger partial charge in [0.15, 0.2) is 11.0 Å². The van der Waals surface area contributed by atoms with Crippen LogP contribution in [-0.2, 0) is 11.2 Å². The molecule has 156 valence electrons. The number of H-pyrrole nitrogens is 1. The van der Waals surface area contributed by atoms with Crippen molar-refractivity contribution < 1.29 is 4.79 Å². The van der Waals surface area contributed by atoms with Gasteiger partial charge in [-0.05, 0) is 54.8 Å². The Morgan fingerprint density at radius 3 is 2.60 bits per heavy atom. The van der Waals surface area contributed by atoms with E-state index in [1.54, 1.807) is 0 Å². The lowest BCUT2D eigenvalue weighted by molar-refractivity contribution is -0.117. The van der Waals surface area contributed by atoms with E-state index in [1.165, 1.54) is 11.8 Å². The first-order chi connectivity index (χ1) is 14.5. The van der Waals surface area contributed by atoms with Crippen molar-refractivity contribution in [1.82, 2.24) is 25.1 Å². The number of aromatic nitrogens is 5. The molecule has 2 aromatic heterocycles. The summed E-state index contributed by atoms with van der Waals surface area (Å²) in [6.07, 6.45) is 2.69. The second kappa shape index (κ2) is 8.83. The number of nitrogens with zero attached hydrogens (tertiary/aromatic N) is 4. The molecular weight excluding hydrogens is 398 g/mol. The molecule has 30 heavy (non-hydrogen) atoms. The van der Waals surface area contributed by atoms with Crippen molar-refractivity contribution in [2.45, 2.75) is 56.0 Å². The normalized spacial score (nSPS) is 13.5. The van der Waals surface area contributed by atoms with E-state index in [4.69, 9.17) is 0 Å². The number of benzene rings is 1. The Bertz CT molecular complexity index is 1030. The number of hydrogen-bond donors (Lipinski definition) is 3. The molecule has 1 aliphatic carbocycles. The predicted molar refractivity (Wildman–Crippen MR) is 117 cm³/mol. The fourth-order valence-electron chi connectivity index (χ4n) is 2.77. The van der Waals surface area contributed by atoms with Gasteiger partial charge in [-0.15, -0.1) is 0 Å². The molecule has 0 saturated heterocycles. The maximum absolute atomic E-state index is 11.9. The third kappa shape index (κ3) is 5.15. The Morgan fingerprint density at radius 2 is 1.97 bits per heavy atom. The van der Waals surface area contributed by atoms with Crippen molar-refractivity contribution in [3.05, 3.63) is 41.9 Å². The van der Waals surface area contributed by atoms with Crippen LogP contribution in [0.15, 0.2) is 40.4 Å². The molecule has 2 heterocycles. The fourth-order valence-corrected chi connectivity index (χ4v) is 3.54. The van der Waals surface area contributed by atoms with Gasteiger partial charge in [0.2, 0.25) is 11.9 Å². The highest BCUT2D eigenvalue weighted by molar-refractivity contribution is 7.99. The number of hydrogen-bond acceptors (Lipinski definition) is 7. The minimum absolute atomic E-state index is 0.107. The Morgan fingerprint density at radius 1 is 1.20 bits per heavy atom. The molecule has 3 aromatic rings. The van der Waals surface area contributed by atoms with Gasteiger partial charge in [-0.1, -0.05) is 20.8 Å². The Kier molecular flexibility index (Phi) is 5.98. The molecule has 4 rings (SSSR count). The zero-order chi connectivity index (χ0) is 21.1. The maximum atomic E-state index is 11.9. The van der Waals surface area contributed by atoms with E-state index in [0.717, 1.165) is 29.1 Å². The quantitative estimate of drug-likeness (QED) is 0.488. The number of nitrogens with one attached hydrogen (secondary N) is 3. The lowest BCUT2D eigenvalue weighted by Crippen LogP contribution is -2.12. The second-order valence-corrected chi connectivity index (χ2v) is 8.63. The molecule has 1 amide bonds. The molecule has 0 atom stereocenters. The summed E-state index contributed by atoms with van der Waals surface area (Å²) in [5, 5.41) is 14.0. The average molecular weight is 424 g/mol. The van der Waals surface area contributed by atoms with Crippen molar-refractivity contribution in [2.75, 3.05) is 10.6 Å². The van der Waals surface area contributed by atoms with Crippen molar-refractivity contribution in [3.8, 4) is 0 Å². The SMILES string of the molecule is CCc1nc(Nc2cc(C(C)C)[nH]n2)nc(Sc2ccc(NC(=O)C3CC3)cc2)n1. The summed E-state index contributed by atoms with van der Waals surface area (Å²) in [5.74, 6) is 2.52. The van der Waals surface area contributed by atoms with E-state index in [9.17, 15) is 4.79 Å². The Hall–Kier alpha value is -2.94. The number of amides is 1. The summed E-state index contributed by atoms with van der Waals surface area (Å²) in [7, 11) is 0. The molecule has 1 aliphatic rings. The molecule has 0 aliphatic heterocycles. The van der Waals surface area contributed by atoms with Crippen LogP contribution >= 0.6 is 11.8 Å². The van der Waals surface area contributed by atoms with Gasteiger partial charge in [0.05, 0.1) is 0 Å². The van der Waals surface area contributed by atoms with E-state index in [2.05, 4.69) is 49.6 Å². The summed E-state index contributed by atoms with van der Waals surface area (Å²) in [4.78, 5) is 26.4. The average Bonchev–Trinajstić information content (AvgIpc) is 3.48. The van der Waals surface area contributed by atoms with E-state index < -0.39 is 0 Å². The minimum Gasteiger partial charge on any atom is -0.326 e. The Labute approximate surface area is 179 Å². The van der Waals surface area contributed by atoms with Crippen LogP contribution in [0, 0.1) is 5.92 Å². The van der Waals surface area contributed by atoms with Crippen molar-refractivity contribution in [3.63, 3.8) is 0 Å². The molecule has 8 nitrogen and oxygen atoms in total. The highest BCUT2D eigenvalue weighted by Crippen LogP contribution is 2.31. The molecule has 1 saturated carbocycles. The standard InChI is InChI=1S/C21H25N7OS/c1-4-17-23-20(24-18-11-16(12(2)3)27-28-18)26-21(25-17)30-15-9-7-14(8-10-15)22-19(29)13-5-6-13/h7-13H,4-6H2,1-3H3,(H,22,29)(H2,23,24,25,26,27,28). The third-order valence-electron chi connectivity index (χ3n) is 4.72. The molecule has 0 spiro atoms. The molecule has 0 unspecified atom stereocenters. The number of carbonyl (C=O) groups excluding carboxylic acids is 1. The van der Waals surface area contributed by atoms with E-state index in [0.29, 0.717) is 35.1 Å². The van der Waals surface area contributed by atoms with Gasteiger partial charge in [-0.3, -0.25) is 9.89 Å². The van der Waals surface area contributed by atoms with Crippen LogP contribution in [-0.4, -0.2) is 31.1 Å². The summed E-state index contributed by atoms with van der Waals surface area (Å²) in [5.41, 5.74) is 1.86. The number of anilines is 3. The van der Waals surface area contributed by atoms with Crippen molar-refractivity contribution in [1.29, 1.82) is 0 Å². The van der Waals surface area contributed by atoms with Crippen LogP contribution in [0.2, 0.25) is 0 Å². The number of carbonyl (C=O) groups is 1. The van der Waals surface area contributed by atoms with Crippen LogP contribution < -0.4 is 10.6 Å². The topological polar surface area (TPSA) is 108 Å². The van der Waals surface area contributed by atoms with Crippen LogP contribution in [0.5, 0.6) is 0 Å². The fraction of sp³-hybridized carbons (Fsp3) is 0.381. The lowest BCUT2D eigenvalue weighted by atomic mass is 10.1. The summed E-state index contributed by atoms with van der Waals surface area (Å²) in [6.45, 7) is 6.22. The first kappa shape index (κ1) is 20.3. The minimum atomic E-state index is 0.107. The number of rotatable bonds is 8. The molecule has 3 N–H and O–H groups in total.